The fourth-order valence-electron chi connectivity index (χ4n) is 4.05. The van der Waals surface area contributed by atoms with Gasteiger partial charge in [-0.05, 0) is 29.0 Å². The van der Waals surface area contributed by atoms with Crippen LogP contribution in [0.4, 0.5) is 17.6 Å². The lowest BCUT2D eigenvalue weighted by Gasteiger charge is -2.36. The number of anilines is 3. The number of para-hydroxylation sites is 1. The fraction of sp³-hybridized carbons (Fsp3) is 0.360. The molecule has 5 rings (SSSR count). The summed E-state index contributed by atoms with van der Waals surface area (Å²) in [5, 5.41) is 6.39. The van der Waals surface area contributed by atoms with E-state index in [1.807, 2.05) is 57.4 Å². The van der Waals surface area contributed by atoms with Crippen molar-refractivity contribution in [2.75, 3.05) is 36.4 Å². The van der Waals surface area contributed by atoms with Crippen LogP contribution in [0.25, 0.3) is 15.9 Å². The van der Waals surface area contributed by atoms with Crippen molar-refractivity contribution in [3.63, 3.8) is 0 Å². The second-order valence-electron chi connectivity index (χ2n) is 9.74. The summed E-state index contributed by atoms with van der Waals surface area (Å²) < 4.78 is 1.98. The molecular formula is C25H29N7OS. The number of hydrogen-bond donors (Lipinski definition) is 1. The van der Waals surface area contributed by atoms with E-state index in [1.165, 1.54) is 0 Å². The van der Waals surface area contributed by atoms with Crippen molar-refractivity contribution in [3.8, 4) is 5.69 Å². The Labute approximate surface area is 203 Å². The zero-order valence-electron chi connectivity index (χ0n) is 19.7. The summed E-state index contributed by atoms with van der Waals surface area (Å²) in [6.45, 7) is 9.10. The Bertz CT molecular complexity index is 1280. The average Bonchev–Trinajstić information content (AvgIpc) is 3.48. The minimum atomic E-state index is -0.00436. The summed E-state index contributed by atoms with van der Waals surface area (Å²) in [5.74, 6) is 2.37. The van der Waals surface area contributed by atoms with E-state index in [9.17, 15) is 4.79 Å². The van der Waals surface area contributed by atoms with E-state index in [2.05, 4.69) is 36.0 Å². The minimum Gasteiger partial charge on any atom is -0.339 e. The highest BCUT2D eigenvalue weighted by molar-refractivity contribution is 7.16. The predicted octanol–water partition coefficient (Wildman–Crippen LogP) is 4.71. The average molecular weight is 476 g/mol. The molecule has 1 amide bonds. The number of amides is 1. The van der Waals surface area contributed by atoms with Crippen LogP contribution >= 0.6 is 11.3 Å². The van der Waals surface area contributed by atoms with Crippen LogP contribution in [0.15, 0.2) is 54.3 Å². The SMILES string of the molecule is CC(C)(C)CC(=O)N1CCN(c2nc(Nc3cn(-c4ccccc4)cn3)c3ccsc3n2)CC1. The first-order valence-corrected chi connectivity index (χ1v) is 12.4. The third-order valence-electron chi connectivity index (χ3n) is 5.79. The van der Waals surface area contributed by atoms with Crippen molar-refractivity contribution < 1.29 is 4.79 Å². The molecule has 1 aliphatic heterocycles. The molecule has 3 aromatic heterocycles. The summed E-state index contributed by atoms with van der Waals surface area (Å²) in [6.07, 6.45) is 4.31. The molecule has 1 aromatic carbocycles. The molecule has 9 heteroatoms. The van der Waals surface area contributed by atoms with E-state index in [-0.39, 0.29) is 11.3 Å². The van der Waals surface area contributed by atoms with Crippen molar-refractivity contribution in [2.45, 2.75) is 27.2 Å². The smallest absolute Gasteiger partial charge is 0.228 e. The van der Waals surface area contributed by atoms with Gasteiger partial charge in [-0.2, -0.15) is 4.98 Å². The second kappa shape index (κ2) is 9.06. The van der Waals surface area contributed by atoms with Crippen LogP contribution in [0.3, 0.4) is 0 Å². The Hall–Kier alpha value is -3.46. The quantitative estimate of drug-likeness (QED) is 0.451. The molecule has 1 aliphatic rings. The summed E-state index contributed by atoms with van der Waals surface area (Å²) in [6, 6.07) is 12.1. The van der Waals surface area contributed by atoms with Crippen molar-refractivity contribution in [1.29, 1.82) is 0 Å². The van der Waals surface area contributed by atoms with E-state index in [0.29, 0.717) is 25.5 Å². The number of thiophene rings is 1. The van der Waals surface area contributed by atoms with Gasteiger partial charge in [-0.1, -0.05) is 39.0 Å². The zero-order valence-corrected chi connectivity index (χ0v) is 20.5. The third-order valence-corrected chi connectivity index (χ3v) is 6.60. The molecule has 0 saturated carbocycles. The standard InChI is InChI=1S/C25H29N7OS/c1-25(2,3)15-21(33)30-10-12-31(13-11-30)24-28-22(19-9-14-34-23(19)29-24)27-20-16-32(17-26-20)18-7-5-4-6-8-18/h4-9,14,16-17H,10-13,15H2,1-3H3,(H,27,28,29). The molecule has 34 heavy (non-hydrogen) atoms. The number of rotatable bonds is 5. The van der Waals surface area contributed by atoms with Gasteiger partial charge in [-0.3, -0.25) is 4.79 Å². The third kappa shape index (κ3) is 4.89. The van der Waals surface area contributed by atoms with E-state index in [4.69, 9.17) is 9.97 Å². The number of fused-ring (bicyclic) bond motifs is 1. The van der Waals surface area contributed by atoms with Gasteiger partial charge in [0.25, 0.3) is 0 Å². The van der Waals surface area contributed by atoms with Crippen LogP contribution in [-0.4, -0.2) is 56.5 Å². The van der Waals surface area contributed by atoms with Gasteiger partial charge in [0.15, 0.2) is 0 Å². The van der Waals surface area contributed by atoms with Gasteiger partial charge in [-0.25, -0.2) is 9.97 Å². The topological polar surface area (TPSA) is 79.2 Å². The number of benzene rings is 1. The summed E-state index contributed by atoms with van der Waals surface area (Å²) in [4.78, 5) is 31.9. The van der Waals surface area contributed by atoms with Crippen LogP contribution in [0.5, 0.6) is 0 Å². The molecule has 1 N–H and O–H groups in total. The molecule has 0 unspecified atom stereocenters. The van der Waals surface area contributed by atoms with Crippen molar-refractivity contribution in [2.24, 2.45) is 5.41 Å². The molecule has 0 spiro atoms. The van der Waals surface area contributed by atoms with Crippen molar-refractivity contribution in [3.05, 3.63) is 54.3 Å². The van der Waals surface area contributed by atoms with Gasteiger partial charge < -0.3 is 19.7 Å². The molecule has 8 nitrogen and oxygen atoms in total. The maximum Gasteiger partial charge on any atom is 0.228 e. The Morgan fingerprint density at radius 2 is 1.82 bits per heavy atom. The van der Waals surface area contributed by atoms with Crippen LogP contribution < -0.4 is 10.2 Å². The molecule has 176 valence electrons. The first-order chi connectivity index (χ1) is 16.4. The van der Waals surface area contributed by atoms with Crippen LogP contribution in [0.2, 0.25) is 0 Å². The monoisotopic (exact) mass is 475 g/mol. The highest BCUT2D eigenvalue weighted by Crippen LogP contribution is 2.30. The lowest BCUT2D eigenvalue weighted by Crippen LogP contribution is -2.49. The number of hydrogen-bond acceptors (Lipinski definition) is 7. The Balaban J connectivity index is 1.33. The maximum absolute atomic E-state index is 12.6. The normalized spacial score (nSPS) is 14.6. The van der Waals surface area contributed by atoms with Crippen LogP contribution in [-0.2, 0) is 4.79 Å². The first-order valence-electron chi connectivity index (χ1n) is 11.5. The molecule has 4 aromatic rings. The van der Waals surface area contributed by atoms with Crippen LogP contribution in [0.1, 0.15) is 27.2 Å². The second-order valence-corrected chi connectivity index (χ2v) is 10.6. The lowest BCUT2D eigenvalue weighted by molar-refractivity contribution is -0.133. The predicted molar refractivity (Wildman–Crippen MR) is 137 cm³/mol. The number of imidazole rings is 1. The maximum atomic E-state index is 12.6. The Morgan fingerprint density at radius 3 is 2.56 bits per heavy atom. The molecule has 0 radical (unpaired) electrons. The molecule has 0 aliphatic carbocycles. The first kappa shape index (κ1) is 22.3. The van der Waals surface area contributed by atoms with Crippen LogP contribution in [0, 0.1) is 5.41 Å². The number of carbonyl (C=O) groups is 1. The van der Waals surface area contributed by atoms with Gasteiger partial charge in [0.1, 0.15) is 22.8 Å². The summed E-state index contributed by atoms with van der Waals surface area (Å²) in [5.41, 5.74) is 1.04. The molecule has 1 saturated heterocycles. The summed E-state index contributed by atoms with van der Waals surface area (Å²) >= 11 is 1.60. The van der Waals surface area contributed by atoms with Crippen molar-refractivity contribution >= 4 is 45.0 Å². The van der Waals surface area contributed by atoms with E-state index in [0.717, 1.165) is 40.6 Å². The van der Waals surface area contributed by atoms with Gasteiger partial charge in [0, 0.05) is 38.3 Å². The highest BCUT2D eigenvalue weighted by atomic mass is 32.1. The number of nitrogens with one attached hydrogen (secondary N) is 1. The number of aromatic nitrogens is 4. The molecule has 4 heterocycles. The summed E-state index contributed by atoms with van der Waals surface area (Å²) in [7, 11) is 0. The van der Waals surface area contributed by atoms with Gasteiger partial charge >= 0.3 is 0 Å². The molecule has 0 atom stereocenters. The number of piperazine rings is 1. The highest BCUT2D eigenvalue weighted by Gasteiger charge is 2.26. The Kier molecular flexibility index (Phi) is 5.95. The molecular weight excluding hydrogens is 446 g/mol. The van der Waals surface area contributed by atoms with Gasteiger partial charge in [0.05, 0.1) is 11.6 Å². The number of carbonyl (C=O) groups excluding carboxylic acids is 1. The minimum absolute atomic E-state index is 0.00436. The fourth-order valence-corrected chi connectivity index (χ4v) is 4.81. The molecule has 1 fully saturated rings. The van der Waals surface area contributed by atoms with Crippen molar-refractivity contribution in [1.82, 2.24) is 24.4 Å². The van der Waals surface area contributed by atoms with Gasteiger partial charge in [-0.15, -0.1) is 11.3 Å². The number of nitrogens with zero attached hydrogens (tertiary/aromatic N) is 6. The lowest BCUT2D eigenvalue weighted by atomic mass is 9.91. The van der Waals surface area contributed by atoms with E-state index < -0.39 is 0 Å². The van der Waals surface area contributed by atoms with E-state index in [1.54, 1.807) is 17.7 Å². The van der Waals surface area contributed by atoms with E-state index >= 15 is 0 Å². The Morgan fingerprint density at radius 1 is 1.06 bits per heavy atom. The zero-order chi connectivity index (χ0) is 23.7. The largest absolute Gasteiger partial charge is 0.339 e. The van der Waals surface area contributed by atoms with Gasteiger partial charge in [0.2, 0.25) is 11.9 Å². The molecule has 0 bridgehead atoms.